The van der Waals surface area contributed by atoms with Gasteiger partial charge in [0.25, 0.3) is 0 Å². The molecule has 6 heteroatoms. The van der Waals surface area contributed by atoms with Crippen LogP contribution in [0.1, 0.15) is 12.5 Å². The third-order valence-electron chi connectivity index (χ3n) is 3.67. The van der Waals surface area contributed by atoms with E-state index in [0.717, 1.165) is 19.6 Å². The van der Waals surface area contributed by atoms with Crippen LogP contribution in [0.3, 0.4) is 0 Å². The van der Waals surface area contributed by atoms with Gasteiger partial charge in [-0.2, -0.15) is 0 Å². The molecule has 0 bridgehead atoms. The Morgan fingerprint density at radius 2 is 2.00 bits per heavy atom. The van der Waals surface area contributed by atoms with Crippen molar-refractivity contribution in [1.82, 2.24) is 10.3 Å². The van der Waals surface area contributed by atoms with Gasteiger partial charge < -0.3 is 20.3 Å². The molecule has 0 unspecified atom stereocenters. The zero-order valence-electron chi connectivity index (χ0n) is 14.4. The van der Waals surface area contributed by atoms with E-state index < -0.39 is 0 Å². The topological polar surface area (TPSA) is 49.4 Å². The normalized spacial score (nSPS) is 10.1. The van der Waals surface area contributed by atoms with Crippen molar-refractivity contribution < 1.29 is 4.74 Å². The smallest absolute Gasteiger partial charge is 0.174 e. The van der Waals surface area contributed by atoms with Gasteiger partial charge in [0.1, 0.15) is 0 Å². The Balaban J connectivity index is 1.84. The Bertz CT molecular complexity index is 660. The van der Waals surface area contributed by atoms with Crippen LogP contribution in [0.25, 0.3) is 0 Å². The van der Waals surface area contributed by atoms with Gasteiger partial charge in [0.05, 0.1) is 7.11 Å². The van der Waals surface area contributed by atoms with Crippen molar-refractivity contribution in [1.29, 1.82) is 0 Å². The quantitative estimate of drug-likeness (QED) is 0.752. The Labute approximate surface area is 149 Å². The number of anilines is 2. The fourth-order valence-electron chi connectivity index (χ4n) is 2.33. The zero-order chi connectivity index (χ0) is 17.4. The molecule has 0 aliphatic rings. The summed E-state index contributed by atoms with van der Waals surface area (Å²) >= 11 is 5.33. The lowest BCUT2D eigenvalue weighted by Gasteiger charge is -2.24. The molecule has 1 aromatic carbocycles. The van der Waals surface area contributed by atoms with Crippen molar-refractivity contribution in [2.45, 2.75) is 13.8 Å². The van der Waals surface area contributed by atoms with E-state index in [9.17, 15) is 0 Å². The number of benzene rings is 1. The number of pyridine rings is 1. The third kappa shape index (κ3) is 5.09. The second-order valence-corrected chi connectivity index (χ2v) is 5.76. The summed E-state index contributed by atoms with van der Waals surface area (Å²) in [6.45, 7) is 6.79. The first-order valence-corrected chi connectivity index (χ1v) is 8.40. The van der Waals surface area contributed by atoms with Crippen LogP contribution in [0.2, 0.25) is 0 Å². The molecular formula is C18H24N4OS. The average molecular weight is 344 g/mol. The number of likely N-dealkylation sites (N-methyl/N-ethyl adjacent to an activating group) is 1. The second-order valence-electron chi connectivity index (χ2n) is 5.35. The van der Waals surface area contributed by atoms with Gasteiger partial charge in [0.15, 0.2) is 16.7 Å². The number of nitrogens with one attached hydrogen (secondary N) is 2. The van der Waals surface area contributed by atoms with Gasteiger partial charge >= 0.3 is 0 Å². The number of aryl methyl sites for hydroxylation is 1. The summed E-state index contributed by atoms with van der Waals surface area (Å²) in [5.41, 5.74) is 2.48. The van der Waals surface area contributed by atoms with E-state index in [4.69, 9.17) is 17.0 Å². The van der Waals surface area contributed by atoms with Gasteiger partial charge in [-0.05, 0) is 50.3 Å². The van der Waals surface area contributed by atoms with Crippen molar-refractivity contribution in [2.75, 3.05) is 37.0 Å². The maximum Gasteiger partial charge on any atom is 0.174 e. The molecule has 2 aromatic rings. The molecule has 0 aliphatic heterocycles. The van der Waals surface area contributed by atoms with Crippen molar-refractivity contribution in [3.05, 3.63) is 48.2 Å². The van der Waals surface area contributed by atoms with Gasteiger partial charge in [0.2, 0.25) is 0 Å². The Morgan fingerprint density at radius 3 is 2.67 bits per heavy atom. The van der Waals surface area contributed by atoms with E-state index in [2.05, 4.69) is 58.6 Å². The first-order chi connectivity index (χ1) is 11.6. The molecule has 0 aliphatic carbocycles. The van der Waals surface area contributed by atoms with Crippen LogP contribution in [0.15, 0.2) is 42.6 Å². The fourth-order valence-corrected chi connectivity index (χ4v) is 2.53. The molecule has 0 atom stereocenters. The summed E-state index contributed by atoms with van der Waals surface area (Å²) in [5, 5.41) is 6.81. The molecule has 0 saturated heterocycles. The molecule has 1 heterocycles. The number of rotatable bonds is 7. The predicted octanol–water partition coefficient (Wildman–Crippen LogP) is 3.21. The number of hydrogen-bond acceptors (Lipinski definition) is 4. The molecule has 128 valence electrons. The summed E-state index contributed by atoms with van der Waals surface area (Å²) < 4.78 is 5.25. The standard InChI is InChI=1S/C18H24N4OS/c1-4-22(15-9-7-14(2)8-10-15)13-12-20-18(24)21-17-16(23-3)6-5-11-19-17/h5-11H,4,12-13H2,1-3H3,(H2,19,20,21,24). The van der Waals surface area contributed by atoms with Crippen LogP contribution in [-0.4, -0.2) is 36.8 Å². The third-order valence-corrected chi connectivity index (χ3v) is 3.92. The largest absolute Gasteiger partial charge is 0.493 e. The molecule has 0 spiro atoms. The molecule has 1 aromatic heterocycles. The lowest BCUT2D eigenvalue weighted by molar-refractivity contribution is 0.415. The molecule has 0 amide bonds. The van der Waals surface area contributed by atoms with E-state index >= 15 is 0 Å². The van der Waals surface area contributed by atoms with Gasteiger partial charge in [-0.3, -0.25) is 0 Å². The van der Waals surface area contributed by atoms with Gasteiger partial charge in [-0.1, -0.05) is 17.7 Å². The Kier molecular flexibility index (Phi) is 6.81. The molecule has 0 saturated carbocycles. The van der Waals surface area contributed by atoms with Gasteiger partial charge in [0, 0.05) is 31.5 Å². The van der Waals surface area contributed by atoms with Crippen LogP contribution in [-0.2, 0) is 0 Å². The molecular weight excluding hydrogens is 320 g/mol. The summed E-state index contributed by atoms with van der Waals surface area (Å²) in [4.78, 5) is 6.53. The molecule has 0 radical (unpaired) electrons. The minimum Gasteiger partial charge on any atom is -0.493 e. The molecule has 0 fully saturated rings. The van der Waals surface area contributed by atoms with Gasteiger partial charge in [-0.15, -0.1) is 0 Å². The van der Waals surface area contributed by atoms with Crippen molar-refractivity contribution in [3.63, 3.8) is 0 Å². The molecule has 2 rings (SSSR count). The van der Waals surface area contributed by atoms with E-state index in [0.29, 0.717) is 16.7 Å². The summed E-state index contributed by atoms with van der Waals surface area (Å²) in [6.07, 6.45) is 1.70. The summed E-state index contributed by atoms with van der Waals surface area (Å²) in [5.74, 6) is 1.28. The highest BCUT2D eigenvalue weighted by Crippen LogP contribution is 2.19. The monoisotopic (exact) mass is 344 g/mol. The van der Waals surface area contributed by atoms with Crippen LogP contribution in [0, 0.1) is 6.92 Å². The van der Waals surface area contributed by atoms with E-state index in [1.165, 1.54) is 11.3 Å². The second kappa shape index (κ2) is 9.08. The molecule has 5 nitrogen and oxygen atoms in total. The van der Waals surface area contributed by atoms with Gasteiger partial charge in [-0.25, -0.2) is 4.98 Å². The zero-order valence-corrected chi connectivity index (χ0v) is 15.2. The predicted molar refractivity (Wildman–Crippen MR) is 104 cm³/mol. The number of hydrogen-bond donors (Lipinski definition) is 2. The number of ether oxygens (including phenoxy) is 1. The highest BCUT2D eigenvalue weighted by molar-refractivity contribution is 7.80. The Hall–Kier alpha value is -2.34. The highest BCUT2D eigenvalue weighted by atomic mass is 32.1. The maximum absolute atomic E-state index is 5.33. The van der Waals surface area contributed by atoms with E-state index in [-0.39, 0.29) is 0 Å². The van der Waals surface area contributed by atoms with E-state index in [1.54, 1.807) is 13.3 Å². The summed E-state index contributed by atoms with van der Waals surface area (Å²) in [6, 6.07) is 12.2. The summed E-state index contributed by atoms with van der Waals surface area (Å²) in [7, 11) is 1.61. The van der Waals surface area contributed by atoms with Crippen LogP contribution >= 0.6 is 12.2 Å². The number of methoxy groups -OCH3 is 1. The average Bonchev–Trinajstić information content (AvgIpc) is 2.60. The molecule has 2 N–H and O–H groups in total. The minimum atomic E-state index is 0.534. The van der Waals surface area contributed by atoms with Crippen LogP contribution in [0.5, 0.6) is 5.75 Å². The van der Waals surface area contributed by atoms with Crippen molar-refractivity contribution in [2.24, 2.45) is 0 Å². The SMILES string of the molecule is CCN(CCNC(=S)Nc1ncccc1OC)c1ccc(C)cc1. The van der Waals surface area contributed by atoms with E-state index in [1.807, 2.05) is 12.1 Å². The van der Waals surface area contributed by atoms with Crippen molar-refractivity contribution in [3.8, 4) is 5.75 Å². The van der Waals surface area contributed by atoms with Crippen LogP contribution < -0.4 is 20.3 Å². The lowest BCUT2D eigenvalue weighted by atomic mass is 10.2. The first-order valence-electron chi connectivity index (χ1n) is 7.99. The highest BCUT2D eigenvalue weighted by Gasteiger charge is 2.07. The minimum absolute atomic E-state index is 0.534. The number of thiocarbonyl (C=S) groups is 1. The van der Waals surface area contributed by atoms with Crippen molar-refractivity contribution >= 4 is 28.8 Å². The van der Waals surface area contributed by atoms with Crippen LogP contribution in [0.4, 0.5) is 11.5 Å². The molecule has 24 heavy (non-hydrogen) atoms. The number of aromatic nitrogens is 1. The lowest BCUT2D eigenvalue weighted by Crippen LogP contribution is -2.37. The first kappa shape index (κ1) is 18.0. The fraction of sp³-hybridized carbons (Fsp3) is 0.333. The maximum atomic E-state index is 5.33. The number of nitrogens with zero attached hydrogens (tertiary/aromatic N) is 2. The Morgan fingerprint density at radius 1 is 1.25 bits per heavy atom.